The summed E-state index contributed by atoms with van der Waals surface area (Å²) < 4.78 is 24.7. The number of esters is 1. The number of aromatic amines is 1. The van der Waals surface area contributed by atoms with E-state index in [1.165, 1.54) is 26.4 Å². The number of aromatic nitrogens is 2. The molecular weight excluding hydrogens is 325 g/mol. The average molecular weight is 347 g/mol. The number of benzene rings is 1. The summed E-state index contributed by atoms with van der Waals surface area (Å²) in [7, 11) is 1.35. The van der Waals surface area contributed by atoms with Crippen LogP contribution in [0.15, 0.2) is 18.2 Å². The Hall–Kier alpha value is -1.99. The molecule has 1 saturated heterocycles. The van der Waals surface area contributed by atoms with E-state index in [0.717, 1.165) is 11.0 Å². The van der Waals surface area contributed by atoms with E-state index in [9.17, 15) is 9.18 Å². The van der Waals surface area contributed by atoms with Crippen LogP contribution in [0.5, 0.6) is 0 Å². The Bertz CT molecular complexity index is 774. The van der Waals surface area contributed by atoms with Crippen LogP contribution in [0.2, 0.25) is 0 Å². The Labute approximate surface area is 145 Å². The van der Waals surface area contributed by atoms with Crippen molar-refractivity contribution < 1.29 is 18.7 Å². The molecule has 1 N–H and O–H groups in total. The third-order valence-electron chi connectivity index (χ3n) is 5.20. The lowest BCUT2D eigenvalue weighted by Gasteiger charge is -2.34. The summed E-state index contributed by atoms with van der Waals surface area (Å²) in [5.74, 6) is 0.239. The monoisotopic (exact) mass is 347 g/mol. The quantitative estimate of drug-likeness (QED) is 0.842. The summed E-state index contributed by atoms with van der Waals surface area (Å²) >= 11 is 0. The number of H-pyrrole nitrogens is 1. The van der Waals surface area contributed by atoms with Gasteiger partial charge >= 0.3 is 5.97 Å². The minimum Gasteiger partial charge on any atom is -0.465 e. The largest absolute Gasteiger partial charge is 0.465 e. The van der Waals surface area contributed by atoms with Crippen molar-refractivity contribution in [1.29, 1.82) is 0 Å². The molecule has 2 fully saturated rings. The number of halogens is 1. The molecule has 1 aromatic heterocycles. The molecule has 0 radical (unpaired) electrons. The molecule has 6 nitrogen and oxygen atoms in total. The highest BCUT2D eigenvalue weighted by Crippen LogP contribution is 2.30. The van der Waals surface area contributed by atoms with Gasteiger partial charge in [0, 0.05) is 19.1 Å². The molecule has 2 aliphatic rings. The van der Waals surface area contributed by atoms with Crippen molar-refractivity contribution in [2.24, 2.45) is 0 Å². The lowest BCUT2D eigenvalue weighted by molar-refractivity contribution is 0.00648. The summed E-state index contributed by atoms with van der Waals surface area (Å²) in [6.45, 7) is 1.35. The Kier molecular flexibility index (Phi) is 4.43. The highest BCUT2D eigenvalue weighted by Gasteiger charge is 2.38. The van der Waals surface area contributed by atoms with E-state index in [1.807, 2.05) is 0 Å². The van der Waals surface area contributed by atoms with Gasteiger partial charge in [0.05, 0.1) is 23.7 Å². The van der Waals surface area contributed by atoms with E-state index < -0.39 is 18.2 Å². The first-order valence-corrected chi connectivity index (χ1v) is 8.70. The molecule has 4 rings (SSSR count). The maximum absolute atomic E-state index is 14.2. The first-order chi connectivity index (χ1) is 12.1. The third-order valence-corrected chi connectivity index (χ3v) is 5.20. The number of rotatable bonds is 5. The number of carbonyl (C=O) groups excluding carboxylic acids is 1. The van der Waals surface area contributed by atoms with Gasteiger partial charge in [0.15, 0.2) is 0 Å². The maximum Gasteiger partial charge on any atom is 0.337 e. The molecular formula is C18H22FN3O3. The van der Waals surface area contributed by atoms with Gasteiger partial charge in [0.1, 0.15) is 24.7 Å². The summed E-state index contributed by atoms with van der Waals surface area (Å²) in [4.78, 5) is 21.4. The van der Waals surface area contributed by atoms with Crippen molar-refractivity contribution in [3.63, 3.8) is 0 Å². The second kappa shape index (κ2) is 6.72. The molecule has 1 aliphatic heterocycles. The van der Waals surface area contributed by atoms with Crippen molar-refractivity contribution in [2.45, 2.75) is 44.2 Å². The van der Waals surface area contributed by atoms with E-state index >= 15 is 0 Å². The zero-order valence-electron chi connectivity index (χ0n) is 14.2. The van der Waals surface area contributed by atoms with Gasteiger partial charge in [0.25, 0.3) is 0 Å². The van der Waals surface area contributed by atoms with Gasteiger partial charge in [0.2, 0.25) is 0 Å². The summed E-state index contributed by atoms with van der Waals surface area (Å²) in [5.41, 5.74) is 1.94. The predicted molar refractivity (Wildman–Crippen MR) is 90.1 cm³/mol. The molecule has 25 heavy (non-hydrogen) atoms. The molecule has 1 aliphatic carbocycles. The Morgan fingerprint density at radius 2 is 2.24 bits per heavy atom. The number of nitrogens with one attached hydrogen (secondary N) is 1. The van der Waals surface area contributed by atoms with Crippen LogP contribution in [0.4, 0.5) is 4.39 Å². The molecule has 1 aromatic carbocycles. The first kappa shape index (κ1) is 16.5. The number of likely N-dealkylation sites (tertiary alicyclic amines) is 1. The second-order valence-electron chi connectivity index (χ2n) is 6.81. The number of carbonyl (C=O) groups is 1. The Morgan fingerprint density at radius 3 is 2.96 bits per heavy atom. The highest BCUT2D eigenvalue weighted by atomic mass is 19.1. The van der Waals surface area contributed by atoms with Crippen molar-refractivity contribution in [2.75, 3.05) is 20.2 Å². The number of fused-ring (bicyclic) bond motifs is 1. The average Bonchev–Trinajstić information content (AvgIpc) is 3.12. The van der Waals surface area contributed by atoms with Crippen LogP contribution in [-0.4, -0.2) is 59.4 Å². The summed E-state index contributed by atoms with van der Waals surface area (Å²) in [6.07, 6.45) is 2.24. The third kappa shape index (κ3) is 3.26. The van der Waals surface area contributed by atoms with Crippen molar-refractivity contribution in [1.82, 2.24) is 14.9 Å². The van der Waals surface area contributed by atoms with Gasteiger partial charge < -0.3 is 14.5 Å². The normalized spacial score (nSPS) is 24.6. The molecule has 0 unspecified atom stereocenters. The fraction of sp³-hybridized carbons (Fsp3) is 0.556. The van der Waals surface area contributed by atoms with E-state index in [2.05, 4.69) is 14.9 Å². The number of ether oxygens (including phenoxy) is 2. The van der Waals surface area contributed by atoms with Crippen LogP contribution in [0.1, 0.15) is 35.4 Å². The van der Waals surface area contributed by atoms with Crippen LogP contribution in [0.25, 0.3) is 11.0 Å². The Morgan fingerprint density at radius 1 is 1.40 bits per heavy atom. The molecule has 0 bridgehead atoms. The van der Waals surface area contributed by atoms with E-state index in [4.69, 9.17) is 9.47 Å². The van der Waals surface area contributed by atoms with Gasteiger partial charge in [-0.2, -0.15) is 0 Å². The van der Waals surface area contributed by atoms with Gasteiger partial charge in [-0.3, -0.25) is 4.90 Å². The SMILES string of the molecule is COC(=O)c1ccc2nc(CO[C@H]3CN(C4CCC4)C[C@H]3F)[nH]c2c1. The summed E-state index contributed by atoms with van der Waals surface area (Å²) in [6, 6.07) is 5.66. The first-order valence-electron chi connectivity index (χ1n) is 8.70. The predicted octanol–water partition coefficient (Wildman–Crippen LogP) is 2.44. The minimum atomic E-state index is -0.948. The van der Waals surface area contributed by atoms with Gasteiger partial charge in [-0.1, -0.05) is 6.42 Å². The summed E-state index contributed by atoms with van der Waals surface area (Å²) in [5, 5.41) is 0. The molecule has 134 valence electrons. The van der Waals surface area contributed by atoms with Crippen LogP contribution in [0, 0.1) is 0 Å². The highest BCUT2D eigenvalue weighted by molar-refractivity contribution is 5.93. The molecule has 2 heterocycles. The van der Waals surface area contributed by atoms with Crippen LogP contribution in [0.3, 0.4) is 0 Å². The number of hydrogen-bond acceptors (Lipinski definition) is 5. The second-order valence-corrected chi connectivity index (χ2v) is 6.81. The number of nitrogens with zero attached hydrogens (tertiary/aromatic N) is 2. The smallest absolute Gasteiger partial charge is 0.337 e. The van der Waals surface area contributed by atoms with Crippen LogP contribution in [-0.2, 0) is 16.1 Å². The van der Waals surface area contributed by atoms with Gasteiger partial charge in [-0.15, -0.1) is 0 Å². The molecule has 0 spiro atoms. The lowest BCUT2D eigenvalue weighted by Crippen LogP contribution is -2.39. The number of hydrogen-bond donors (Lipinski definition) is 1. The van der Waals surface area contributed by atoms with Gasteiger partial charge in [-0.05, 0) is 31.0 Å². The molecule has 1 saturated carbocycles. The number of alkyl halides is 1. The zero-order chi connectivity index (χ0) is 17.4. The van der Waals surface area contributed by atoms with Crippen molar-refractivity contribution in [3.05, 3.63) is 29.6 Å². The Balaban J connectivity index is 1.40. The van der Waals surface area contributed by atoms with Crippen LogP contribution >= 0.6 is 0 Å². The molecule has 0 amide bonds. The maximum atomic E-state index is 14.2. The van der Waals surface area contributed by atoms with Crippen molar-refractivity contribution in [3.8, 4) is 0 Å². The molecule has 2 aromatic rings. The number of imidazole rings is 1. The van der Waals surface area contributed by atoms with Gasteiger partial charge in [-0.25, -0.2) is 14.2 Å². The minimum absolute atomic E-state index is 0.228. The fourth-order valence-corrected chi connectivity index (χ4v) is 3.53. The molecule has 7 heteroatoms. The number of methoxy groups -OCH3 is 1. The standard InChI is InChI=1S/C18H22FN3O3/c1-24-18(23)11-5-6-14-15(7-11)21-17(20-14)10-25-16-9-22(8-13(16)19)12-3-2-4-12/h5-7,12-13,16H,2-4,8-10H2,1H3,(H,20,21)/t13-,16+/m1/s1. The van der Waals surface area contributed by atoms with E-state index in [0.29, 0.717) is 30.5 Å². The zero-order valence-corrected chi connectivity index (χ0v) is 14.2. The van der Waals surface area contributed by atoms with E-state index in [-0.39, 0.29) is 6.61 Å². The topological polar surface area (TPSA) is 67.5 Å². The van der Waals surface area contributed by atoms with Crippen LogP contribution < -0.4 is 0 Å². The fourth-order valence-electron chi connectivity index (χ4n) is 3.53. The van der Waals surface area contributed by atoms with E-state index in [1.54, 1.807) is 18.2 Å². The van der Waals surface area contributed by atoms with Crippen molar-refractivity contribution >= 4 is 17.0 Å². The molecule has 2 atom stereocenters. The lowest BCUT2D eigenvalue weighted by atomic mass is 9.92.